The van der Waals surface area contributed by atoms with E-state index in [1.165, 1.54) is 9.80 Å². The average molecular weight is 647 g/mol. The number of hydrogen-bond acceptors (Lipinski definition) is 4. The molecule has 6 nitrogen and oxygen atoms in total. The first-order chi connectivity index (χ1) is 21.1. The van der Waals surface area contributed by atoms with Crippen LogP contribution in [-0.4, -0.2) is 53.4 Å². The number of carbonyl (C=O) groups excluding carboxylic acids is 4. The van der Waals surface area contributed by atoms with Crippen LogP contribution in [0.1, 0.15) is 108 Å². The van der Waals surface area contributed by atoms with E-state index in [2.05, 4.69) is 29.8 Å². The summed E-state index contributed by atoms with van der Waals surface area (Å²) in [5, 5.41) is 5.88. The number of hydrogen-bond donors (Lipinski definition) is 0. The molecule has 4 amide bonds. The molecule has 2 atom stereocenters. The van der Waals surface area contributed by atoms with Crippen molar-refractivity contribution in [3.8, 4) is 0 Å². The molecule has 2 heterocycles. The van der Waals surface area contributed by atoms with Crippen molar-refractivity contribution in [1.82, 2.24) is 9.80 Å². The lowest BCUT2D eigenvalue weighted by Crippen LogP contribution is -2.46. The van der Waals surface area contributed by atoms with E-state index in [4.69, 9.17) is 7.85 Å². The molecule has 0 N–H and O–H groups in total. The molecule has 2 aliphatic heterocycles. The van der Waals surface area contributed by atoms with Crippen molar-refractivity contribution in [2.24, 2.45) is 0 Å². The highest BCUT2D eigenvalue weighted by atomic mass is 79.9. The molecule has 0 fully saturated rings. The summed E-state index contributed by atoms with van der Waals surface area (Å²) in [6.07, 6.45) is 5.27. The number of nitrogens with zero attached hydrogens (tertiary/aromatic N) is 2. The van der Waals surface area contributed by atoms with Gasteiger partial charge in [0.05, 0.1) is 0 Å². The SMILES string of the molecule is [B]c1cc2c3c(ccc4c5c(Br)cc6c7c(ccc(c1c34)c75)C(=O)N(C(C)CCCC)C6=O)C(=O)N(C(C)CCCC)C2=O. The second-order valence-corrected chi connectivity index (χ2v) is 13.3. The molecule has 220 valence electrons. The fourth-order valence-electron chi connectivity index (χ4n) is 7.54. The minimum atomic E-state index is -0.329. The van der Waals surface area contributed by atoms with Crippen molar-refractivity contribution in [2.45, 2.75) is 78.3 Å². The predicted octanol–water partition coefficient (Wildman–Crippen LogP) is 7.64. The number of halogens is 1. The topological polar surface area (TPSA) is 74.8 Å². The lowest BCUT2D eigenvalue weighted by molar-refractivity contribution is 0.0527. The molecule has 0 saturated heterocycles. The second-order valence-electron chi connectivity index (χ2n) is 12.4. The Labute approximate surface area is 265 Å². The molecule has 0 aromatic heterocycles. The summed E-state index contributed by atoms with van der Waals surface area (Å²) in [6, 6.07) is 10.5. The van der Waals surface area contributed by atoms with Crippen molar-refractivity contribution in [1.29, 1.82) is 0 Å². The number of imide groups is 2. The van der Waals surface area contributed by atoms with Crippen LogP contribution >= 0.6 is 15.9 Å². The molecule has 44 heavy (non-hydrogen) atoms. The molecule has 0 aliphatic carbocycles. The Morgan fingerprint density at radius 3 is 1.55 bits per heavy atom. The number of unbranched alkanes of at least 4 members (excludes halogenated alkanes) is 2. The van der Waals surface area contributed by atoms with Crippen LogP contribution in [-0.2, 0) is 0 Å². The van der Waals surface area contributed by atoms with E-state index < -0.39 is 0 Å². The van der Waals surface area contributed by atoms with E-state index >= 15 is 0 Å². The Morgan fingerprint density at radius 2 is 1.05 bits per heavy atom. The van der Waals surface area contributed by atoms with E-state index in [-0.39, 0.29) is 35.7 Å². The molecular formula is C36H32BBrN2O4. The number of carbonyl (C=O) groups is 4. The van der Waals surface area contributed by atoms with Crippen LogP contribution in [0.25, 0.3) is 43.1 Å². The first-order valence-electron chi connectivity index (χ1n) is 15.6. The average Bonchev–Trinajstić information content (AvgIpc) is 3.00. The number of rotatable bonds is 8. The maximum atomic E-state index is 13.9. The van der Waals surface area contributed by atoms with Crippen LogP contribution in [0, 0.1) is 0 Å². The first kappa shape index (κ1) is 29.0. The van der Waals surface area contributed by atoms with E-state index in [0.717, 1.165) is 70.8 Å². The summed E-state index contributed by atoms with van der Waals surface area (Å²) < 4.78 is 0.704. The molecule has 2 radical (unpaired) electrons. The molecule has 0 spiro atoms. The van der Waals surface area contributed by atoms with Gasteiger partial charge in [-0.15, -0.1) is 0 Å². The molecule has 7 rings (SSSR count). The van der Waals surface area contributed by atoms with Crippen LogP contribution in [0.4, 0.5) is 0 Å². The second kappa shape index (κ2) is 10.4. The van der Waals surface area contributed by atoms with Gasteiger partial charge in [-0.05, 0) is 66.4 Å². The fraction of sp³-hybridized carbons (Fsp3) is 0.333. The van der Waals surface area contributed by atoms with Gasteiger partial charge in [-0.1, -0.05) is 79.1 Å². The number of benzene rings is 5. The molecule has 5 aromatic carbocycles. The smallest absolute Gasteiger partial charge is 0.261 e. The van der Waals surface area contributed by atoms with Crippen molar-refractivity contribution >= 4 is 96.0 Å². The third kappa shape index (κ3) is 3.79. The lowest BCUT2D eigenvalue weighted by atomic mass is 9.77. The highest BCUT2D eigenvalue weighted by Crippen LogP contribution is 2.48. The van der Waals surface area contributed by atoms with Gasteiger partial charge in [-0.3, -0.25) is 29.0 Å². The maximum absolute atomic E-state index is 13.9. The van der Waals surface area contributed by atoms with Gasteiger partial charge in [0, 0.05) is 60.4 Å². The molecule has 2 aliphatic rings. The zero-order chi connectivity index (χ0) is 31.2. The predicted molar refractivity (Wildman–Crippen MR) is 180 cm³/mol. The van der Waals surface area contributed by atoms with Crippen molar-refractivity contribution < 1.29 is 19.2 Å². The molecule has 8 heteroatoms. The maximum Gasteiger partial charge on any atom is 0.261 e. The summed E-state index contributed by atoms with van der Waals surface area (Å²) >= 11 is 3.78. The fourth-order valence-corrected chi connectivity index (χ4v) is 8.18. The third-order valence-electron chi connectivity index (χ3n) is 9.72. The Balaban J connectivity index is 1.54. The Hall–Kier alpha value is -3.78. The van der Waals surface area contributed by atoms with Gasteiger partial charge in [0.15, 0.2) is 0 Å². The van der Waals surface area contributed by atoms with Crippen LogP contribution in [0.3, 0.4) is 0 Å². The van der Waals surface area contributed by atoms with E-state index in [0.29, 0.717) is 43.0 Å². The van der Waals surface area contributed by atoms with Crippen LogP contribution in [0.2, 0.25) is 0 Å². The van der Waals surface area contributed by atoms with Gasteiger partial charge in [-0.25, -0.2) is 0 Å². The van der Waals surface area contributed by atoms with Gasteiger partial charge >= 0.3 is 0 Å². The summed E-state index contributed by atoms with van der Waals surface area (Å²) in [5.41, 5.74) is 2.29. The third-order valence-corrected chi connectivity index (χ3v) is 10.3. The Morgan fingerprint density at radius 1 is 0.614 bits per heavy atom. The van der Waals surface area contributed by atoms with Gasteiger partial charge in [0.2, 0.25) is 0 Å². The quantitative estimate of drug-likeness (QED) is 0.0751. The monoisotopic (exact) mass is 646 g/mol. The minimum Gasteiger partial charge on any atom is -0.272 e. The molecule has 5 aromatic rings. The van der Waals surface area contributed by atoms with Crippen LogP contribution < -0.4 is 5.46 Å². The number of fused-ring (bicyclic) bond motifs is 2. The van der Waals surface area contributed by atoms with Crippen LogP contribution in [0.5, 0.6) is 0 Å². The minimum absolute atomic E-state index is 0.226. The largest absolute Gasteiger partial charge is 0.272 e. The summed E-state index contributed by atoms with van der Waals surface area (Å²) in [5.74, 6) is -1.21. The zero-order valence-electron chi connectivity index (χ0n) is 25.3. The Bertz CT molecular complexity index is 1950. The first-order valence-corrected chi connectivity index (χ1v) is 16.4. The van der Waals surface area contributed by atoms with Crippen molar-refractivity contribution in [2.75, 3.05) is 0 Å². The molecular weight excluding hydrogens is 615 g/mol. The number of amides is 4. The molecule has 0 bridgehead atoms. The zero-order valence-corrected chi connectivity index (χ0v) is 26.9. The van der Waals surface area contributed by atoms with E-state index in [1.54, 1.807) is 18.2 Å². The standard InChI is InChI=1S/C36H32BBrN2O4/c1-5-7-9-17(3)39-33(41)21-14-12-20-30-26(38)16-24-28-22(34(42)40(36(24)44)18(4)10-8-6-2)13-11-19(32(28)30)29-25(37)15-23(35(39)43)27(21)31(20)29/h11-18H,5-10H2,1-4H3. The van der Waals surface area contributed by atoms with Crippen LogP contribution in [0.15, 0.2) is 40.9 Å². The summed E-state index contributed by atoms with van der Waals surface area (Å²) in [4.78, 5) is 58.4. The molecule has 2 unspecified atom stereocenters. The Kier molecular flexibility index (Phi) is 6.85. The van der Waals surface area contributed by atoms with Crippen molar-refractivity contribution in [3.63, 3.8) is 0 Å². The van der Waals surface area contributed by atoms with Gasteiger partial charge in [0.1, 0.15) is 7.85 Å². The van der Waals surface area contributed by atoms with E-state index in [9.17, 15) is 19.2 Å². The normalized spacial score (nSPS) is 16.4. The summed E-state index contributed by atoms with van der Waals surface area (Å²) in [7, 11) is 6.80. The van der Waals surface area contributed by atoms with E-state index in [1.807, 2.05) is 32.0 Å². The van der Waals surface area contributed by atoms with Gasteiger partial charge in [-0.2, -0.15) is 0 Å². The van der Waals surface area contributed by atoms with Gasteiger partial charge in [0.25, 0.3) is 23.6 Å². The highest BCUT2D eigenvalue weighted by Gasteiger charge is 2.40. The summed E-state index contributed by atoms with van der Waals surface area (Å²) in [6.45, 7) is 8.03. The lowest BCUT2D eigenvalue weighted by Gasteiger charge is -2.34. The van der Waals surface area contributed by atoms with Crippen molar-refractivity contribution in [3.05, 3.63) is 63.1 Å². The highest BCUT2D eigenvalue weighted by molar-refractivity contribution is 9.10. The molecule has 0 saturated carbocycles. The van der Waals surface area contributed by atoms with Gasteiger partial charge < -0.3 is 0 Å².